The summed E-state index contributed by atoms with van der Waals surface area (Å²) in [5, 5.41) is 1.19. The summed E-state index contributed by atoms with van der Waals surface area (Å²) in [4.78, 5) is 11.7. The second-order valence-electron chi connectivity index (χ2n) is 3.54. The van der Waals surface area contributed by atoms with Crippen LogP contribution in [0.15, 0.2) is 33.5 Å². The number of nitrogens with two attached hydrogens (primary N) is 1. The molecule has 0 spiro atoms. The maximum atomic E-state index is 11.7. The molecule has 2 N–H and O–H groups in total. The lowest BCUT2D eigenvalue weighted by Gasteiger charge is -2.04. The van der Waals surface area contributed by atoms with E-state index in [1.807, 2.05) is 0 Å². The van der Waals surface area contributed by atoms with Crippen LogP contribution in [-0.2, 0) is 4.74 Å². The van der Waals surface area contributed by atoms with Gasteiger partial charge in [0.1, 0.15) is 6.61 Å². The Bertz CT molecular complexity index is 576. The molecule has 0 aliphatic carbocycles. The second kappa shape index (κ2) is 4.88. The molecule has 1 aromatic carbocycles. The Labute approximate surface area is 97.7 Å². The molecule has 0 saturated heterocycles. The SMILES string of the molecule is COCCOc1cc2ccc(N)cc2c(=O)o1. The van der Waals surface area contributed by atoms with E-state index in [2.05, 4.69) is 0 Å². The summed E-state index contributed by atoms with van der Waals surface area (Å²) in [6, 6.07) is 6.72. The molecule has 5 nitrogen and oxygen atoms in total. The summed E-state index contributed by atoms with van der Waals surface area (Å²) >= 11 is 0. The lowest BCUT2D eigenvalue weighted by atomic mass is 10.2. The lowest BCUT2D eigenvalue weighted by Crippen LogP contribution is -2.07. The highest BCUT2D eigenvalue weighted by Crippen LogP contribution is 2.19. The van der Waals surface area contributed by atoms with E-state index in [9.17, 15) is 4.79 Å². The van der Waals surface area contributed by atoms with Gasteiger partial charge >= 0.3 is 5.63 Å². The minimum absolute atomic E-state index is 0.185. The van der Waals surface area contributed by atoms with Gasteiger partial charge in [0.2, 0.25) is 0 Å². The van der Waals surface area contributed by atoms with Crippen molar-refractivity contribution in [1.82, 2.24) is 0 Å². The van der Waals surface area contributed by atoms with Crippen LogP contribution in [0.5, 0.6) is 5.95 Å². The number of ether oxygens (including phenoxy) is 2. The fourth-order valence-corrected chi connectivity index (χ4v) is 1.48. The average Bonchev–Trinajstić information content (AvgIpc) is 2.31. The summed E-state index contributed by atoms with van der Waals surface area (Å²) in [5.41, 5.74) is 5.67. The van der Waals surface area contributed by atoms with Gasteiger partial charge in [-0.25, -0.2) is 4.79 Å². The number of anilines is 1. The van der Waals surface area contributed by atoms with E-state index in [0.29, 0.717) is 24.3 Å². The van der Waals surface area contributed by atoms with Crippen molar-refractivity contribution in [2.24, 2.45) is 0 Å². The standard InChI is InChI=1S/C12H13NO4/c1-15-4-5-16-11-6-8-2-3-9(13)7-10(8)12(14)17-11/h2-3,6-7H,4-5,13H2,1H3. The largest absolute Gasteiger partial charge is 0.463 e. The van der Waals surface area contributed by atoms with Gasteiger partial charge in [-0.15, -0.1) is 0 Å². The van der Waals surface area contributed by atoms with Crippen molar-refractivity contribution in [2.45, 2.75) is 0 Å². The molecule has 0 aliphatic heterocycles. The van der Waals surface area contributed by atoms with E-state index in [1.54, 1.807) is 31.4 Å². The molecule has 0 saturated carbocycles. The first kappa shape index (κ1) is 11.5. The minimum Gasteiger partial charge on any atom is -0.463 e. The Morgan fingerprint density at radius 1 is 1.29 bits per heavy atom. The maximum Gasteiger partial charge on any atom is 0.346 e. The van der Waals surface area contributed by atoms with Gasteiger partial charge in [-0.2, -0.15) is 0 Å². The molecule has 1 heterocycles. The maximum absolute atomic E-state index is 11.7. The van der Waals surface area contributed by atoms with E-state index in [-0.39, 0.29) is 5.95 Å². The Morgan fingerprint density at radius 2 is 2.12 bits per heavy atom. The fraction of sp³-hybridized carbons (Fsp3) is 0.250. The van der Waals surface area contributed by atoms with E-state index in [0.717, 1.165) is 5.39 Å². The van der Waals surface area contributed by atoms with Crippen molar-refractivity contribution in [3.05, 3.63) is 34.7 Å². The number of benzene rings is 1. The molecule has 17 heavy (non-hydrogen) atoms. The van der Waals surface area contributed by atoms with Crippen LogP contribution < -0.4 is 16.1 Å². The van der Waals surface area contributed by atoms with Crippen LogP contribution >= 0.6 is 0 Å². The van der Waals surface area contributed by atoms with E-state index in [1.165, 1.54) is 0 Å². The molecule has 5 heteroatoms. The van der Waals surface area contributed by atoms with Gasteiger partial charge in [-0.3, -0.25) is 0 Å². The third-order valence-corrected chi connectivity index (χ3v) is 2.30. The van der Waals surface area contributed by atoms with Gasteiger partial charge < -0.3 is 19.6 Å². The zero-order chi connectivity index (χ0) is 12.3. The molecule has 1 aromatic heterocycles. The van der Waals surface area contributed by atoms with Crippen LogP contribution in [0.2, 0.25) is 0 Å². The van der Waals surface area contributed by atoms with Crippen molar-refractivity contribution in [1.29, 1.82) is 0 Å². The normalized spacial score (nSPS) is 10.6. The van der Waals surface area contributed by atoms with Gasteiger partial charge in [-0.05, 0) is 17.5 Å². The van der Waals surface area contributed by atoms with Gasteiger partial charge in [0.15, 0.2) is 0 Å². The van der Waals surface area contributed by atoms with Gasteiger partial charge in [0.25, 0.3) is 5.95 Å². The molecule has 0 aliphatic rings. The van der Waals surface area contributed by atoms with Gasteiger partial charge in [0.05, 0.1) is 12.0 Å². The van der Waals surface area contributed by atoms with Crippen LogP contribution in [0, 0.1) is 0 Å². The van der Waals surface area contributed by atoms with E-state index in [4.69, 9.17) is 19.6 Å². The highest BCUT2D eigenvalue weighted by atomic mass is 16.6. The molecular formula is C12H13NO4. The van der Waals surface area contributed by atoms with Crippen LogP contribution in [0.1, 0.15) is 0 Å². The average molecular weight is 235 g/mol. The number of nitrogen functional groups attached to an aromatic ring is 1. The van der Waals surface area contributed by atoms with Crippen molar-refractivity contribution in [2.75, 3.05) is 26.1 Å². The molecule has 2 aromatic rings. The van der Waals surface area contributed by atoms with Crippen molar-refractivity contribution in [3.8, 4) is 5.95 Å². The fourth-order valence-electron chi connectivity index (χ4n) is 1.48. The number of hydrogen-bond acceptors (Lipinski definition) is 5. The quantitative estimate of drug-likeness (QED) is 0.640. The molecule has 0 fully saturated rings. The van der Waals surface area contributed by atoms with Gasteiger partial charge in [0, 0.05) is 18.9 Å². The number of fused-ring (bicyclic) bond motifs is 1. The smallest absolute Gasteiger partial charge is 0.346 e. The highest BCUT2D eigenvalue weighted by Gasteiger charge is 2.05. The van der Waals surface area contributed by atoms with E-state index < -0.39 is 5.63 Å². The highest BCUT2D eigenvalue weighted by molar-refractivity contribution is 5.84. The molecule has 0 unspecified atom stereocenters. The Kier molecular flexibility index (Phi) is 3.30. The lowest BCUT2D eigenvalue weighted by molar-refractivity contribution is 0.128. The first-order chi connectivity index (χ1) is 8.20. The topological polar surface area (TPSA) is 74.7 Å². The summed E-state index contributed by atoms with van der Waals surface area (Å²) in [7, 11) is 1.57. The van der Waals surface area contributed by atoms with Crippen LogP contribution in [0.3, 0.4) is 0 Å². The van der Waals surface area contributed by atoms with Crippen molar-refractivity contribution < 1.29 is 13.9 Å². The van der Waals surface area contributed by atoms with Crippen molar-refractivity contribution >= 4 is 16.5 Å². The summed E-state index contributed by atoms with van der Waals surface area (Å²) in [6.07, 6.45) is 0. The van der Waals surface area contributed by atoms with Crippen molar-refractivity contribution in [3.63, 3.8) is 0 Å². The Hall–Kier alpha value is -2.01. The first-order valence-electron chi connectivity index (χ1n) is 5.16. The Morgan fingerprint density at radius 3 is 2.88 bits per heavy atom. The third-order valence-electron chi connectivity index (χ3n) is 2.30. The second-order valence-corrected chi connectivity index (χ2v) is 3.54. The van der Waals surface area contributed by atoms with E-state index >= 15 is 0 Å². The molecular weight excluding hydrogens is 222 g/mol. The minimum atomic E-state index is -0.456. The zero-order valence-electron chi connectivity index (χ0n) is 9.43. The Balaban J connectivity index is 2.35. The number of rotatable bonds is 4. The summed E-state index contributed by atoms with van der Waals surface area (Å²) < 4.78 is 15.1. The summed E-state index contributed by atoms with van der Waals surface area (Å²) in [5.74, 6) is 0.185. The zero-order valence-corrected chi connectivity index (χ0v) is 9.43. The molecule has 90 valence electrons. The van der Waals surface area contributed by atoms with Crippen LogP contribution in [0.4, 0.5) is 5.69 Å². The first-order valence-corrected chi connectivity index (χ1v) is 5.16. The molecule has 0 bridgehead atoms. The molecule has 2 rings (SSSR count). The predicted molar refractivity (Wildman–Crippen MR) is 64.3 cm³/mol. The predicted octanol–water partition coefficient (Wildman–Crippen LogP) is 1.40. The molecule has 0 radical (unpaired) electrons. The monoisotopic (exact) mass is 235 g/mol. The van der Waals surface area contributed by atoms with Crippen LogP contribution in [-0.4, -0.2) is 20.3 Å². The van der Waals surface area contributed by atoms with Gasteiger partial charge in [-0.1, -0.05) is 6.07 Å². The number of methoxy groups -OCH3 is 1. The molecule has 0 atom stereocenters. The number of hydrogen-bond donors (Lipinski definition) is 1. The molecule has 0 amide bonds. The summed E-state index contributed by atoms with van der Waals surface area (Å²) in [6.45, 7) is 0.767. The third kappa shape index (κ3) is 2.57. The van der Waals surface area contributed by atoms with Crippen LogP contribution in [0.25, 0.3) is 10.8 Å².